The van der Waals surface area contributed by atoms with Gasteiger partial charge in [-0.2, -0.15) is 0 Å². The summed E-state index contributed by atoms with van der Waals surface area (Å²) >= 11 is 0. The van der Waals surface area contributed by atoms with Gasteiger partial charge in [0.1, 0.15) is 110 Å². The molecular weight excluding hydrogens is 848 g/mol. The van der Waals surface area contributed by atoms with Crippen LogP contribution in [0.15, 0.2) is 0 Å². The lowest BCUT2D eigenvalue weighted by atomic mass is 9.92. The molecule has 5 aliphatic heterocycles. The lowest BCUT2D eigenvalue weighted by molar-refractivity contribution is -0.478. The lowest BCUT2D eigenvalue weighted by Gasteiger charge is -2.49. The Kier molecular flexibility index (Phi) is 18.8. The van der Waals surface area contributed by atoms with Gasteiger partial charge in [0.2, 0.25) is 6.29 Å². The van der Waals surface area contributed by atoms with Crippen LogP contribution < -0.4 is 0 Å². The van der Waals surface area contributed by atoms with Crippen molar-refractivity contribution >= 4 is 0 Å². The summed E-state index contributed by atoms with van der Waals surface area (Å²) in [6, 6.07) is 0. The zero-order valence-electron chi connectivity index (χ0n) is 32.4. The third kappa shape index (κ3) is 10.6. The highest BCUT2D eigenvalue weighted by Gasteiger charge is 2.64. The van der Waals surface area contributed by atoms with Crippen molar-refractivity contribution in [1.29, 1.82) is 0 Å². The fourth-order valence-corrected chi connectivity index (χ4v) is 7.14. The molecule has 5 rings (SSSR count). The molecule has 19 N–H and O–H groups in total. The van der Waals surface area contributed by atoms with Gasteiger partial charge >= 0.3 is 0 Å². The van der Waals surface area contributed by atoms with E-state index in [-0.39, 0.29) is 0 Å². The number of rotatable bonds is 13. The van der Waals surface area contributed by atoms with E-state index in [1.54, 1.807) is 0 Å². The van der Waals surface area contributed by atoms with Crippen LogP contribution in [-0.4, -0.2) is 297 Å². The molecule has 23 unspecified atom stereocenters. The van der Waals surface area contributed by atoms with Crippen molar-refractivity contribution in [3.05, 3.63) is 0 Å². The summed E-state index contributed by atoms with van der Waals surface area (Å²) in [7, 11) is 2.41. The molecule has 0 radical (unpaired) electrons. The summed E-state index contributed by atoms with van der Waals surface area (Å²) in [5, 5.41) is 187. The van der Waals surface area contributed by atoms with Gasteiger partial charge in [-0.1, -0.05) is 0 Å². The van der Waals surface area contributed by atoms with Crippen molar-refractivity contribution in [2.75, 3.05) is 47.3 Å². The van der Waals surface area contributed by atoms with E-state index in [9.17, 15) is 61.3 Å². The second kappa shape index (κ2) is 21.9. The van der Waals surface area contributed by atoms with Crippen LogP contribution in [0, 0.1) is 0 Å². The second-order valence-electron chi connectivity index (χ2n) is 14.7. The van der Waals surface area contributed by atoms with E-state index < -0.39 is 186 Å². The minimum absolute atomic E-state index is 0.642. The molecule has 29 nitrogen and oxygen atoms in total. The van der Waals surface area contributed by atoms with Crippen LogP contribution >= 0.6 is 0 Å². The number of methoxy groups -OCH3 is 2. The van der Waals surface area contributed by atoms with E-state index in [1.807, 2.05) is 0 Å². The molecule has 5 aliphatic rings. The monoisotopic (exact) mass is 906 g/mol. The van der Waals surface area contributed by atoms with E-state index in [1.165, 1.54) is 14.2 Å². The molecule has 0 bridgehead atoms. The molecule has 0 aromatic rings. The maximum Gasteiger partial charge on any atom is 0.274 e. The number of ether oxygens (including phenoxy) is 10. The Bertz CT molecular complexity index is 1310. The van der Waals surface area contributed by atoms with Crippen LogP contribution in [0.2, 0.25) is 0 Å². The smallest absolute Gasteiger partial charge is 0.274 e. The molecule has 5 saturated heterocycles. The Morgan fingerprint density at radius 3 is 0.967 bits per heavy atom. The minimum Gasteiger partial charge on any atom is -0.394 e. The highest BCUT2D eigenvalue weighted by atomic mass is 16.8. The molecular formula is C32H58O29. The van der Waals surface area contributed by atoms with Crippen molar-refractivity contribution in [1.82, 2.24) is 0 Å². The number of aliphatic hydroxyl groups is 19. The van der Waals surface area contributed by atoms with Crippen molar-refractivity contribution in [3.63, 3.8) is 0 Å². The second-order valence-corrected chi connectivity index (χ2v) is 14.7. The van der Waals surface area contributed by atoms with Crippen LogP contribution in [0.3, 0.4) is 0 Å². The maximum absolute atomic E-state index is 10.9. The van der Waals surface area contributed by atoms with Crippen molar-refractivity contribution in [2.24, 2.45) is 0 Å². The molecule has 0 aliphatic carbocycles. The van der Waals surface area contributed by atoms with Gasteiger partial charge < -0.3 is 144 Å². The molecule has 360 valence electrons. The average Bonchev–Trinajstić information content (AvgIpc) is 3.24. The number of hydrogen-bond donors (Lipinski definition) is 19. The van der Waals surface area contributed by atoms with E-state index in [4.69, 9.17) is 78.4 Å². The van der Waals surface area contributed by atoms with E-state index >= 15 is 0 Å². The van der Waals surface area contributed by atoms with E-state index in [0.29, 0.717) is 0 Å². The van der Waals surface area contributed by atoms with Crippen molar-refractivity contribution in [3.8, 4) is 0 Å². The Labute approximate surface area is 344 Å². The molecule has 5 fully saturated rings. The largest absolute Gasteiger partial charge is 0.394 e. The van der Waals surface area contributed by atoms with Gasteiger partial charge in [0, 0.05) is 14.2 Å². The van der Waals surface area contributed by atoms with E-state index in [0.717, 1.165) is 0 Å². The van der Waals surface area contributed by atoms with Crippen LogP contribution in [0.25, 0.3) is 0 Å². The first-order valence-corrected chi connectivity index (χ1v) is 18.7. The molecule has 0 aromatic carbocycles. The first kappa shape index (κ1) is 52.5. The molecule has 0 saturated carbocycles. The zero-order chi connectivity index (χ0) is 45.9. The van der Waals surface area contributed by atoms with Gasteiger partial charge in [-0.3, -0.25) is 0 Å². The molecule has 29 heteroatoms. The van der Waals surface area contributed by atoms with Crippen molar-refractivity contribution in [2.45, 2.75) is 153 Å². The quantitative estimate of drug-likeness (QED) is 0.0763. The van der Waals surface area contributed by atoms with Gasteiger partial charge in [-0.05, 0) is 0 Å². The molecule has 61 heavy (non-hydrogen) atoms. The molecule has 5 heterocycles. The summed E-state index contributed by atoms with van der Waals surface area (Å²) in [4.78, 5) is 0. The minimum atomic E-state index is -3.43. The number of aliphatic hydroxyl groups excluding tert-OH is 15. The predicted octanol–water partition coefficient (Wildman–Crippen LogP) is -13.0. The zero-order valence-corrected chi connectivity index (χ0v) is 32.4. The van der Waals surface area contributed by atoms with E-state index in [2.05, 4.69) is 4.74 Å². The van der Waals surface area contributed by atoms with Crippen LogP contribution in [-0.2, 0) is 47.4 Å². The Morgan fingerprint density at radius 2 is 0.656 bits per heavy atom. The Hall–Kier alpha value is -1.16. The van der Waals surface area contributed by atoms with Gasteiger partial charge in [0.25, 0.3) is 11.6 Å². The first-order valence-electron chi connectivity index (χ1n) is 18.7. The summed E-state index contributed by atoms with van der Waals surface area (Å²) in [5.41, 5.74) is 0. The summed E-state index contributed by atoms with van der Waals surface area (Å²) in [6.07, 6.45) is -38.5. The molecule has 0 amide bonds. The summed E-state index contributed by atoms with van der Waals surface area (Å²) in [6.45, 7) is -3.91. The van der Waals surface area contributed by atoms with Crippen molar-refractivity contribution < 1.29 is 144 Å². The molecule has 0 aromatic heterocycles. The molecule has 23 atom stereocenters. The highest BCUT2D eigenvalue weighted by molar-refractivity contribution is 5.00. The normalized spacial score (nSPS) is 48.8. The van der Waals surface area contributed by atoms with Gasteiger partial charge in [0.15, 0.2) is 25.2 Å². The summed E-state index contributed by atoms with van der Waals surface area (Å²) < 4.78 is 53.1. The van der Waals surface area contributed by atoms with Crippen LogP contribution in [0.4, 0.5) is 0 Å². The first-order chi connectivity index (χ1) is 28.6. The number of hydrogen-bond acceptors (Lipinski definition) is 29. The fraction of sp³-hybridized carbons (Fsp3) is 1.00. The average molecular weight is 907 g/mol. The molecule has 0 spiro atoms. The Morgan fingerprint density at radius 1 is 0.361 bits per heavy atom. The maximum atomic E-state index is 10.9. The standard InChI is InChI=1S/C26H46O21.C6H12O8/c1-39-19-7(3-27)42-24(16(36)11(19)31)46-21-9(5-29)44-26(18(38)13(21)33)47-22-10(6-30)43-25(17(37)14(22)34)45-20-8(4-28)41-23(40-2)15(35)12(20)32;7-1-2-3(8)5(10,11)6(12,13)4(9)14-2/h7-38H,3-6H2,1-2H3;2-4,7-13H,1H2. The van der Waals surface area contributed by atoms with Gasteiger partial charge in [-0.25, -0.2) is 0 Å². The Balaban J connectivity index is 0.000000495. The topological polar surface area (TPSA) is 477 Å². The highest BCUT2D eigenvalue weighted by Crippen LogP contribution is 2.36. The SMILES string of the molecule is COC1OC(CO)C(OC2OC(CO)C(OC3OC(CO)C(OC4OC(CO)C(OC)C(O)C4O)C(O)C3O)C(O)C2O)C(O)C1O.OCC1OC(O)C(O)(O)C(O)(O)C1O. The van der Waals surface area contributed by atoms with Crippen LogP contribution in [0.1, 0.15) is 0 Å². The summed E-state index contributed by atoms with van der Waals surface area (Å²) in [5.74, 6) is -6.82. The third-order valence-electron chi connectivity index (χ3n) is 10.8. The lowest BCUT2D eigenvalue weighted by Crippen LogP contribution is -2.74. The van der Waals surface area contributed by atoms with Gasteiger partial charge in [0.05, 0.1) is 33.0 Å². The fourth-order valence-electron chi connectivity index (χ4n) is 7.14. The van der Waals surface area contributed by atoms with Gasteiger partial charge in [-0.15, -0.1) is 0 Å². The third-order valence-corrected chi connectivity index (χ3v) is 10.8. The van der Waals surface area contributed by atoms with Crippen LogP contribution in [0.5, 0.6) is 0 Å². The predicted molar refractivity (Wildman–Crippen MR) is 182 cm³/mol.